The van der Waals surface area contributed by atoms with Crippen molar-refractivity contribution in [3.63, 3.8) is 0 Å². The van der Waals surface area contributed by atoms with E-state index in [2.05, 4.69) is 6.92 Å². The van der Waals surface area contributed by atoms with Gasteiger partial charge in [0.25, 0.3) is 0 Å². The van der Waals surface area contributed by atoms with Gasteiger partial charge in [-0.15, -0.1) is 0 Å². The molecular formula is C16H23NO3. The molecule has 0 aromatic heterocycles. The minimum Gasteiger partial charge on any atom is -0.493 e. The van der Waals surface area contributed by atoms with E-state index in [1.807, 2.05) is 30.0 Å². The molecule has 1 heterocycles. The van der Waals surface area contributed by atoms with Gasteiger partial charge in [-0.1, -0.05) is 6.07 Å². The molecule has 110 valence electrons. The SMILES string of the molecule is Cc1ccc(OCCC(=O)N2CCC(CO)C2)cc1C. The van der Waals surface area contributed by atoms with Crippen molar-refractivity contribution in [2.24, 2.45) is 5.92 Å². The lowest BCUT2D eigenvalue weighted by Gasteiger charge is -2.16. The van der Waals surface area contributed by atoms with Gasteiger partial charge in [0, 0.05) is 25.6 Å². The number of aliphatic hydroxyl groups is 1. The summed E-state index contributed by atoms with van der Waals surface area (Å²) in [6.07, 6.45) is 1.30. The number of benzene rings is 1. The van der Waals surface area contributed by atoms with E-state index in [1.54, 1.807) is 0 Å². The fourth-order valence-corrected chi connectivity index (χ4v) is 2.43. The summed E-state index contributed by atoms with van der Waals surface area (Å²) in [6.45, 7) is 6.12. The van der Waals surface area contributed by atoms with Crippen LogP contribution in [0.15, 0.2) is 18.2 Å². The third kappa shape index (κ3) is 3.73. The largest absolute Gasteiger partial charge is 0.493 e. The predicted octanol–water partition coefficient (Wildman–Crippen LogP) is 1.91. The van der Waals surface area contributed by atoms with Crippen LogP contribution >= 0.6 is 0 Å². The zero-order valence-corrected chi connectivity index (χ0v) is 12.3. The average molecular weight is 277 g/mol. The van der Waals surface area contributed by atoms with E-state index < -0.39 is 0 Å². The number of aryl methyl sites for hydroxylation is 2. The summed E-state index contributed by atoms with van der Waals surface area (Å²) in [5, 5.41) is 9.08. The van der Waals surface area contributed by atoms with Gasteiger partial charge in [0.15, 0.2) is 0 Å². The van der Waals surface area contributed by atoms with Crippen molar-refractivity contribution in [2.75, 3.05) is 26.3 Å². The lowest BCUT2D eigenvalue weighted by molar-refractivity contribution is -0.130. The van der Waals surface area contributed by atoms with Crippen molar-refractivity contribution in [2.45, 2.75) is 26.7 Å². The maximum absolute atomic E-state index is 12.0. The van der Waals surface area contributed by atoms with E-state index in [9.17, 15) is 4.79 Å². The van der Waals surface area contributed by atoms with Crippen LogP contribution < -0.4 is 4.74 Å². The molecule has 1 aromatic carbocycles. The standard InChI is InChI=1S/C16H23NO3/c1-12-3-4-15(9-13(12)2)20-8-6-16(19)17-7-5-14(10-17)11-18/h3-4,9,14,18H,5-8,10-11H2,1-2H3. The number of aliphatic hydroxyl groups excluding tert-OH is 1. The smallest absolute Gasteiger partial charge is 0.226 e. The zero-order chi connectivity index (χ0) is 14.5. The highest BCUT2D eigenvalue weighted by atomic mass is 16.5. The fourth-order valence-electron chi connectivity index (χ4n) is 2.43. The monoisotopic (exact) mass is 277 g/mol. The van der Waals surface area contributed by atoms with Gasteiger partial charge in [-0.3, -0.25) is 4.79 Å². The molecule has 1 atom stereocenters. The van der Waals surface area contributed by atoms with Crippen LogP contribution in [-0.2, 0) is 4.79 Å². The summed E-state index contributed by atoms with van der Waals surface area (Å²) >= 11 is 0. The van der Waals surface area contributed by atoms with Crippen molar-refractivity contribution in [1.82, 2.24) is 4.90 Å². The number of amides is 1. The minimum absolute atomic E-state index is 0.116. The first-order valence-electron chi connectivity index (χ1n) is 7.19. The normalized spacial score (nSPS) is 18.4. The van der Waals surface area contributed by atoms with Crippen molar-refractivity contribution in [1.29, 1.82) is 0 Å². The van der Waals surface area contributed by atoms with Crippen LogP contribution in [0.4, 0.5) is 0 Å². The maximum atomic E-state index is 12.0. The summed E-state index contributed by atoms with van der Waals surface area (Å²) in [5.41, 5.74) is 2.43. The minimum atomic E-state index is 0.116. The Kier molecular flexibility index (Phi) is 5.01. The van der Waals surface area contributed by atoms with Crippen molar-refractivity contribution in [3.8, 4) is 5.75 Å². The number of hydrogen-bond donors (Lipinski definition) is 1. The molecule has 1 fully saturated rings. The molecule has 2 rings (SSSR count). The third-order valence-electron chi connectivity index (χ3n) is 3.96. The highest BCUT2D eigenvalue weighted by Gasteiger charge is 2.25. The molecule has 4 heteroatoms. The Labute approximate surface area is 120 Å². The Morgan fingerprint density at radius 1 is 1.40 bits per heavy atom. The van der Waals surface area contributed by atoms with E-state index in [-0.39, 0.29) is 18.4 Å². The van der Waals surface area contributed by atoms with Crippen LogP contribution in [0.25, 0.3) is 0 Å². The first-order chi connectivity index (χ1) is 9.60. The first-order valence-corrected chi connectivity index (χ1v) is 7.19. The number of carbonyl (C=O) groups excluding carboxylic acids is 1. The summed E-state index contributed by atoms with van der Waals surface area (Å²) in [4.78, 5) is 13.8. The number of hydrogen-bond acceptors (Lipinski definition) is 3. The molecule has 0 bridgehead atoms. The van der Waals surface area contributed by atoms with Gasteiger partial charge in [-0.2, -0.15) is 0 Å². The lowest BCUT2D eigenvalue weighted by Crippen LogP contribution is -2.30. The second kappa shape index (κ2) is 6.75. The predicted molar refractivity (Wildman–Crippen MR) is 77.8 cm³/mol. The van der Waals surface area contributed by atoms with E-state index in [1.165, 1.54) is 11.1 Å². The molecular weight excluding hydrogens is 254 g/mol. The lowest BCUT2D eigenvalue weighted by atomic mass is 10.1. The average Bonchev–Trinajstić information content (AvgIpc) is 2.91. The molecule has 1 aliphatic heterocycles. The summed E-state index contributed by atoms with van der Waals surface area (Å²) < 4.78 is 5.63. The summed E-state index contributed by atoms with van der Waals surface area (Å²) in [5.74, 6) is 1.18. The Hall–Kier alpha value is -1.55. The van der Waals surface area contributed by atoms with Crippen molar-refractivity contribution < 1.29 is 14.6 Å². The fraction of sp³-hybridized carbons (Fsp3) is 0.562. The van der Waals surface area contributed by atoms with Crippen LogP contribution in [0.5, 0.6) is 5.75 Å². The molecule has 1 N–H and O–H groups in total. The zero-order valence-electron chi connectivity index (χ0n) is 12.3. The van der Waals surface area contributed by atoms with Crippen LogP contribution in [0.3, 0.4) is 0 Å². The van der Waals surface area contributed by atoms with Gasteiger partial charge in [0.1, 0.15) is 5.75 Å². The van der Waals surface area contributed by atoms with Gasteiger partial charge in [0.2, 0.25) is 5.91 Å². The van der Waals surface area contributed by atoms with Gasteiger partial charge >= 0.3 is 0 Å². The van der Waals surface area contributed by atoms with Crippen LogP contribution in [0, 0.1) is 19.8 Å². The number of carbonyl (C=O) groups is 1. The van der Waals surface area contributed by atoms with E-state index >= 15 is 0 Å². The molecule has 1 amide bonds. The third-order valence-corrected chi connectivity index (χ3v) is 3.96. The van der Waals surface area contributed by atoms with Crippen LogP contribution in [-0.4, -0.2) is 42.2 Å². The second-order valence-electron chi connectivity index (χ2n) is 5.52. The molecule has 0 aliphatic carbocycles. The molecule has 4 nitrogen and oxygen atoms in total. The molecule has 20 heavy (non-hydrogen) atoms. The highest BCUT2D eigenvalue weighted by molar-refractivity contribution is 5.76. The number of rotatable bonds is 5. The Morgan fingerprint density at radius 3 is 2.85 bits per heavy atom. The molecule has 1 unspecified atom stereocenters. The number of nitrogens with zero attached hydrogens (tertiary/aromatic N) is 1. The maximum Gasteiger partial charge on any atom is 0.226 e. The van der Waals surface area contributed by atoms with E-state index in [4.69, 9.17) is 9.84 Å². The van der Waals surface area contributed by atoms with Crippen molar-refractivity contribution >= 4 is 5.91 Å². The molecule has 0 saturated carbocycles. The topological polar surface area (TPSA) is 49.8 Å². The van der Waals surface area contributed by atoms with E-state index in [0.717, 1.165) is 18.7 Å². The van der Waals surface area contributed by atoms with Crippen LogP contribution in [0.2, 0.25) is 0 Å². The van der Waals surface area contributed by atoms with Crippen molar-refractivity contribution in [3.05, 3.63) is 29.3 Å². The number of ether oxygens (including phenoxy) is 1. The van der Waals surface area contributed by atoms with Gasteiger partial charge in [-0.05, 0) is 43.5 Å². The molecule has 0 spiro atoms. The second-order valence-corrected chi connectivity index (χ2v) is 5.52. The number of likely N-dealkylation sites (tertiary alicyclic amines) is 1. The van der Waals surface area contributed by atoms with Gasteiger partial charge in [0.05, 0.1) is 13.0 Å². The Balaban J connectivity index is 1.75. The van der Waals surface area contributed by atoms with Crippen LogP contribution in [0.1, 0.15) is 24.0 Å². The highest BCUT2D eigenvalue weighted by Crippen LogP contribution is 2.18. The Bertz CT molecular complexity index is 473. The molecule has 1 aromatic rings. The summed E-state index contributed by atoms with van der Waals surface area (Å²) in [6, 6.07) is 5.96. The van der Waals surface area contributed by atoms with E-state index in [0.29, 0.717) is 19.6 Å². The van der Waals surface area contributed by atoms with Gasteiger partial charge in [-0.25, -0.2) is 0 Å². The van der Waals surface area contributed by atoms with Gasteiger partial charge < -0.3 is 14.7 Å². The first kappa shape index (κ1) is 14.9. The molecule has 0 radical (unpaired) electrons. The summed E-state index contributed by atoms with van der Waals surface area (Å²) in [7, 11) is 0. The molecule has 1 saturated heterocycles. The molecule has 1 aliphatic rings. The quantitative estimate of drug-likeness (QED) is 0.894. The Morgan fingerprint density at radius 2 is 2.20 bits per heavy atom.